The van der Waals surface area contributed by atoms with Gasteiger partial charge in [-0.3, -0.25) is 53.1 Å². The molecule has 5 aliphatic rings. The first-order valence-electron chi connectivity index (χ1n) is 28.2. The van der Waals surface area contributed by atoms with Gasteiger partial charge in [0.25, 0.3) is 11.8 Å². The third kappa shape index (κ3) is 12.4. The molecule has 0 bridgehead atoms. The first-order chi connectivity index (χ1) is 39.6. The van der Waals surface area contributed by atoms with Crippen molar-refractivity contribution in [2.24, 2.45) is 10.9 Å². The molecule has 18 heteroatoms. The van der Waals surface area contributed by atoms with Gasteiger partial charge in [0.15, 0.2) is 17.3 Å². The fraction of sp³-hybridized carbons (Fsp3) is 0.391. The van der Waals surface area contributed by atoms with Gasteiger partial charge in [0.05, 0.1) is 35.7 Å². The third-order valence-corrected chi connectivity index (χ3v) is 17.1. The summed E-state index contributed by atoms with van der Waals surface area (Å²) in [4.78, 5) is 115. The van der Waals surface area contributed by atoms with Gasteiger partial charge in [0.1, 0.15) is 24.7 Å². The van der Waals surface area contributed by atoms with Crippen LogP contribution in [-0.2, 0) is 61.2 Å². The van der Waals surface area contributed by atoms with Crippen LogP contribution in [0, 0.1) is 12.8 Å². The van der Waals surface area contributed by atoms with Gasteiger partial charge in [0.2, 0.25) is 23.6 Å². The van der Waals surface area contributed by atoms with Crippen LogP contribution in [0.25, 0.3) is 0 Å². The largest absolute Gasteiger partial charge is 0.493 e. The van der Waals surface area contributed by atoms with E-state index in [1.54, 1.807) is 55.5 Å². The van der Waals surface area contributed by atoms with Crippen LogP contribution in [0.5, 0.6) is 17.2 Å². The molecule has 17 nitrogen and oxygen atoms in total. The second-order valence-electron chi connectivity index (χ2n) is 22.0. The van der Waals surface area contributed by atoms with E-state index in [-0.39, 0.29) is 110 Å². The van der Waals surface area contributed by atoms with E-state index < -0.39 is 17.9 Å². The van der Waals surface area contributed by atoms with Gasteiger partial charge < -0.3 is 29.7 Å². The molecular formula is C64H68N6O11S. The van der Waals surface area contributed by atoms with Gasteiger partial charge in [-0.1, -0.05) is 43.3 Å². The Hall–Kier alpha value is -8.12. The SMILES string of the molecule is COc1cc2c(cc1OCc1cc(COc3cc4c(cc3C)C(=O)N3c5ccccc5C[C@H]3CC4)cc(NC(=O)[C@H](C)CC(=O)[C@H](C)NC(=O)CCCCC(=O)CCCN3C(=O)CC(SC)C3=O)c1)N=C[C@@H]1Cc3ccccc3N1C2=O. The molecule has 1 saturated heterocycles. The van der Waals surface area contributed by atoms with Crippen LogP contribution in [0.1, 0.15) is 126 Å². The summed E-state index contributed by atoms with van der Waals surface area (Å²) in [5, 5.41) is 5.38. The van der Waals surface area contributed by atoms with Crippen LogP contribution in [0.15, 0.2) is 96.0 Å². The molecule has 426 valence electrons. The normalized spacial score (nSPS) is 18.3. The lowest BCUT2D eigenvalue weighted by Gasteiger charge is -2.23. The Morgan fingerprint density at radius 1 is 0.732 bits per heavy atom. The van der Waals surface area contributed by atoms with Crippen molar-refractivity contribution >= 4 is 87.7 Å². The van der Waals surface area contributed by atoms with Crippen molar-refractivity contribution in [2.45, 2.75) is 134 Å². The highest BCUT2D eigenvalue weighted by atomic mass is 32.2. The highest BCUT2D eigenvalue weighted by molar-refractivity contribution is 8.00. The first-order valence-corrected chi connectivity index (χ1v) is 29.5. The van der Waals surface area contributed by atoms with Gasteiger partial charge >= 0.3 is 0 Å². The first kappa shape index (κ1) is 57.1. The van der Waals surface area contributed by atoms with Gasteiger partial charge in [-0.05, 0) is 141 Å². The maximum Gasteiger partial charge on any atom is 0.261 e. The molecule has 5 aromatic carbocycles. The Morgan fingerprint density at radius 2 is 1.40 bits per heavy atom. The minimum Gasteiger partial charge on any atom is -0.493 e. The van der Waals surface area contributed by atoms with E-state index >= 15 is 0 Å². The van der Waals surface area contributed by atoms with Crippen molar-refractivity contribution < 1.29 is 52.6 Å². The van der Waals surface area contributed by atoms with Crippen molar-refractivity contribution in [3.63, 3.8) is 0 Å². The number of rotatable bonds is 23. The molecule has 0 spiro atoms. The molecule has 1 fully saturated rings. The number of thioether (sulfide) groups is 1. The molecule has 5 aromatic rings. The number of carbonyl (C=O) groups excluding carboxylic acids is 8. The molecule has 0 saturated carbocycles. The second kappa shape index (κ2) is 24.9. The molecule has 6 amide bonds. The lowest BCUT2D eigenvalue weighted by Crippen LogP contribution is -2.39. The predicted octanol–water partition coefficient (Wildman–Crippen LogP) is 9.41. The number of methoxy groups -OCH3 is 1. The van der Waals surface area contributed by atoms with Crippen LogP contribution in [0.3, 0.4) is 0 Å². The maximum absolute atomic E-state index is 14.1. The van der Waals surface area contributed by atoms with E-state index in [1.807, 2.05) is 72.5 Å². The zero-order valence-electron chi connectivity index (χ0n) is 46.9. The lowest BCUT2D eigenvalue weighted by molar-refractivity contribution is -0.138. The van der Waals surface area contributed by atoms with Gasteiger partial charge in [0, 0.05) is 91.9 Å². The number of amides is 6. The van der Waals surface area contributed by atoms with E-state index in [0.29, 0.717) is 83.0 Å². The minimum atomic E-state index is -0.860. The van der Waals surface area contributed by atoms with Crippen LogP contribution < -0.4 is 34.6 Å². The molecule has 82 heavy (non-hydrogen) atoms. The number of hydrogen-bond donors (Lipinski definition) is 2. The quantitative estimate of drug-likeness (QED) is 0.0463. The third-order valence-electron chi connectivity index (χ3n) is 16.2. The lowest BCUT2D eigenvalue weighted by atomic mass is 9.98. The molecule has 0 aromatic heterocycles. The molecule has 1 unspecified atom stereocenters. The zero-order chi connectivity index (χ0) is 57.8. The van der Waals surface area contributed by atoms with E-state index in [2.05, 4.69) is 16.7 Å². The van der Waals surface area contributed by atoms with Crippen LogP contribution >= 0.6 is 11.8 Å². The summed E-state index contributed by atoms with van der Waals surface area (Å²) >= 11 is 1.35. The van der Waals surface area contributed by atoms with Gasteiger partial charge in [-0.25, -0.2) is 0 Å². The Labute approximate surface area is 481 Å². The summed E-state index contributed by atoms with van der Waals surface area (Å²) in [6, 6.07) is 27.6. The number of ether oxygens (including phenoxy) is 3. The predicted molar refractivity (Wildman–Crippen MR) is 314 cm³/mol. The number of aryl methyl sites for hydroxylation is 2. The summed E-state index contributed by atoms with van der Waals surface area (Å²) in [6.45, 7) is 5.48. The van der Waals surface area contributed by atoms with Crippen LogP contribution in [-0.4, -0.2) is 101 Å². The standard InChI is InChI=1S/C64H68N6O11S/c1-37-23-49-42(20-21-46-28-43-13-6-9-17-52(43)69(46)62(49)76)30-55(37)80-35-40-25-41(36-81-57-32-51-50(31-56(57)79-4)63(77)70-47(34-65-51)29-44-14-7-10-18-53(44)70)27-45(26-40)67-61(75)38(2)24-54(72)39(3)66-59(73)19-11-8-15-48(71)16-12-22-68-60(74)33-58(82-5)64(68)78/h6-7,9-10,13-14,17-18,23,25-27,30-32,34,38-39,46-47,58H,8,11-12,15-16,19-22,24,28-29,33,35-36H2,1-5H3,(H,66,73)(H,67,75)/t38-,39+,46-,47+,58?/m1/s1. The summed E-state index contributed by atoms with van der Waals surface area (Å²) in [5.74, 6) is -1.17. The van der Waals surface area contributed by atoms with Crippen LogP contribution in [0.4, 0.5) is 22.7 Å². The molecule has 2 N–H and O–H groups in total. The molecular weight excluding hydrogens is 1060 g/mol. The molecule has 5 atom stereocenters. The summed E-state index contributed by atoms with van der Waals surface area (Å²) in [7, 11) is 1.51. The molecule has 5 heterocycles. The van der Waals surface area contributed by atoms with Crippen molar-refractivity contribution in [2.75, 3.05) is 35.0 Å². The maximum atomic E-state index is 14.1. The number of carbonyl (C=O) groups is 8. The van der Waals surface area contributed by atoms with E-state index in [0.717, 1.165) is 40.9 Å². The van der Waals surface area contributed by atoms with Crippen molar-refractivity contribution in [3.05, 3.63) is 136 Å². The second-order valence-corrected chi connectivity index (χ2v) is 23.0. The highest BCUT2D eigenvalue weighted by Gasteiger charge is 2.40. The molecule has 5 aliphatic heterocycles. The van der Waals surface area contributed by atoms with Crippen molar-refractivity contribution in [1.29, 1.82) is 0 Å². The van der Waals surface area contributed by atoms with Gasteiger partial charge in [-0.2, -0.15) is 11.8 Å². The monoisotopic (exact) mass is 1130 g/mol. The number of hydrogen-bond acceptors (Lipinski definition) is 13. The number of imide groups is 1. The topological polar surface area (TPSA) is 210 Å². The number of likely N-dealkylation sites (tertiary alicyclic amines) is 1. The van der Waals surface area contributed by atoms with E-state index in [4.69, 9.17) is 19.2 Å². The fourth-order valence-electron chi connectivity index (χ4n) is 11.7. The number of anilines is 3. The van der Waals surface area contributed by atoms with Crippen LogP contribution in [0.2, 0.25) is 0 Å². The summed E-state index contributed by atoms with van der Waals surface area (Å²) < 4.78 is 18.8. The molecule has 0 radical (unpaired) electrons. The van der Waals surface area contributed by atoms with E-state index in [9.17, 15) is 38.4 Å². The molecule has 10 rings (SSSR count). The number of fused-ring (bicyclic) bond motifs is 8. The number of benzene rings is 5. The number of unbranched alkanes of at least 4 members (excludes halogenated alkanes) is 1. The number of Topliss-reactive ketones (excluding diaryl/α,β-unsaturated/α-hetero) is 2. The Morgan fingerprint density at radius 3 is 2.12 bits per heavy atom. The Bertz CT molecular complexity index is 3410. The Kier molecular flexibility index (Phi) is 17.4. The minimum absolute atomic E-state index is 0.00624. The summed E-state index contributed by atoms with van der Waals surface area (Å²) in [6.07, 6.45) is 8.54. The van der Waals surface area contributed by atoms with Crippen molar-refractivity contribution in [3.8, 4) is 17.2 Å². The average molecular weight is 1130 g/mol. The number of nitrogens with zero attached hydrogens (tertiary/aromatic N) is 4. The number of ketones is 2. The smallest absolute Gasteiger partial charge is 0.261 e. The molecule has 0 aliphatic carbocycles. The van der Waals surface area contributed by atoms with Gasteiger partial charge in [-0.15, -0.1) is 0 Å². The van der Waals surface area contributed by atoms with E-state index in [1.165, 1.54) is 29.3 Å². The summed E-state index contributed by atoms with van der Waals surface area (Å²) in [5.41, 5.74) is 9.08. The Balaban J connectivity index is 0.784. The average Bonchev–Trinajstić information content (AvgIpc) is 4.16. The zero-order valence-corrected chi connectivity index (χ0v) is 47.7. The number of para-hydroxylation sites is 2. The van der Waals surface area contributed by atoms with Crippen molar-refractivity contribution in [1.82, 2.24) is 10.2 Å². The highest BCUT2D eigenvalue weighted by Crippen LogP contribution is 2.42. The number of nitrogens with one attached hydrogen (secondary N) is 2. The fourth-order valence-corrected chi connectivity index (χ4v) is 12.3. The number of aliphatic imine (C=N–C) groups is 1.